The minimum Gasteiger partial charge on any atom is -0.493 e. The maximum Gasteiger partial charge on any atom is 0.410 e. The minimum atomic E-state index is -1.04. The quantitative estimate of drug-likeness (QED) is 0.653. The van der Waals surface area contributed by atoms with Gasteiger partial charge in [0.1, 0.15) is 11.7 Å². The second kappa shape index (κ2) is 6.94. The van der Waals surface area contributed by atoms with E-state index >= 15 is 0 Å². The van der Waals surface area contributed by atoms with Crippen LogP contribution in [0.2, 0.25) is 0 Å². The van der Waals surface area contributed by atoms with E-state index in [9.17, 15) is 9.90 Å². The van der Waals surface area contributed by atoms with E-state index in [0.717, 1.165) is 17.9 Å². The molecule has 7 nitrogen and oxygen atoms in total. The molecule has 7 heteroatoms. The van der Waals surface area contributed by atoms with Gasteiger partial charge in [-0.05, 0) is 49.3 Å². The molecule has 4 aliphatic carbocycles. The predicted octanol–water partition coefficient (Wildman–Crippen LogP) is 3.99. The molecule has 7 rings (SSSR count). The highest BCUT2D eigenvalue weighted by molar-refractivity contribution is 5.75. The number of methoxy groups -OCH3 is 2. The summed E-state index contributed by atoms with van der Waals surface area (Å²) in [4.78, 5) is 15.0. The van der Waals surface area contributed by atoms with E-state index in [1.165, 1.54) is 22.3 Å². The van der Waals surface area contributed by atoms with Crippen LogP contribution in [0.25, 0.3) is 0 Å². The Labute approximate surface area is 207 Å². The fourth-order valence-electron chi connectivity index (χ4n) is 8.03. The molecule has 6 aliphatic rings. The lowest BCUT2D eigenvalue weighted by Crippen LogP contribution is -2.78. The van der Waals surface area contributed by atoms with E-state index in [2.05, 4.69) is 26.8 Å². The Balaban J connectivity index is 1.64. The minimum absolute atomic E-state index is 0.121. The van der Waals surface area contributed by atoms with Crippen molar-refractivity contribution < 1.29 is 28.8 Å². The summed E-state index contributed by atoms with van der Waals surface area (Å²) in [6, 6.07) is 3.97. The van der Waals surface area contributed by atoms with Crippen LogP contribution in [0.4, 0.5) is 4.79 Å². The third-order valence-corrected chi connectivity index (χ3v) is 9.96. The van der Waals surface area contributed by atoms with Crippen LogP contribution in [-0.4, -0.2) is 66.8 Å². The fourth-order valence-corrected chi connectivity index (χ4v) is 8.03. The molecule has 1 aromatic rings. The molecule has 190 valence electrons. The Bertz CT molecular complexity index is 1150. The van der Waals surface area contributed by atoms with Gasteiger partial charge in [0.2, 0.25) is 0 Å². The van der Waals surface area contributed by atoms with Gasteiger partial charge in [0.15, 0.2) is 11.5 Å². The van der Waals surface area contributed by atoms with Gasteiger partial charge in [-0.25, -0.2) is 4.79 Å². The predicted molar refractivity (Wildman–Crippen MR) is 130 cm³/mol. The normalized spacial score (nSPS) is 35.5. The Morgan fingerprint density at radius 3 is 2.63 bits per heavy atom. The van der Waals surface area contributed by atoms with Crippen LogP contribution in [0.5, 0.6) is 11.5 Å². The summed E-state index contributed by atoms with van der Waals surface area (Å²) < 4.78 is 24.5. The Morgan fingerprint density at radius 2 is 2.00 bits per heavy atom. The number of benzene rings is 1. The van der Waals surface area contributed by atoms with Gasteiger partial charge >= 0.3 is 6.09 Å². The number of amides is 1. The van der Waals surface area contributed by atoms with Crippen LogP contribution < -0.4 is 9.47 Å². The Kier molecular flexibility index (Phi) is 4.60. The first-order valence-electron chi connectivity index (χ1n) is 12.8. The summed E-state index contributed by atoms with van der Waals surface area (Å²) >= 11 is 0. The molecular weight excluding hydrogens is 446 g/mol. The number of ether oxygens (including phenoxy) is 4. The zero-order chi connectivity index (χ0) is 25.1. The first kappa shape index (κ1) is 23.2. The van der Waals surface area contributed by atoms with Crippen LogP contribution in [0.1, 0.15) is 58.6 Å². The maximum absolute atomic E-state index is 13.1. The summed E-state index contributed by atoms with van der Waals surface area (Å²) in [5.74, 6) is 1.29. The van der Waals surface area contributed by atoms with E-state index in [1.807, 2.05) is 24.8 Å². The van der Waals surface area contributed by atoms with Crippen LogP contribution in [0.3, 0.4) is 0 Å². The second-order valence-electron chi connectivity index (χ2n) is 12.1. The SMILES string of the molecule is CCOC(=O)N1CC[C@@]23C4=C5C[C@](OC)(C2Oc2c(OC)ccc(c23)C[C@H]41)[C@H]5[C@@](C)(O)C(C)(C)C. The molecule has 1 N–H and O–H groups in total. The number of piperidine rings is 1. The Hall–Kier alpha value is -2.25. The zero-order valence-corrected chi connectivity index (χ0v) is 21.9. The van der Waals surface area contributed by atoms with Crippen molar-refractivity contribution in [2.24, 2.45) is 11.3 Å². The van der Waals surface area contributed by atoms with E-state index < -0.39 is 16.6 Å². The molecule has 2 fully saturated rings. The van der Waals surface area contributed by atoms with Crippen molar-refractivity contribution in [3.63, 3.8) is 0 Å². The highest BCUT2D eigenvalue weighted by atomic mass is 16.6. The molecule has 1 saturated heterocycles. The summed E-state index contributed by atoms with van der Waals surface area (Å²) in [5.41, 5.74) is 2.38. The molecule has 35 heavy (non-hydrogen) atoms. The molecule has 1 spiro atoms. The molecule has 4 bridgehead atoms. The van der Waals surface area contributed by atoms with Crippen LogP contribution >= 0.6 is 0 Å². The van der Waals surface area contributed by atoms with Gasteiger partial charge in [-0.1, -0.05) is 32.4 Å². The average Bonchev–Trinajstić information content (AvgIpc) is 3.12. The first-order chi connectivity index (χ1) is 16.5. The van der Waals surface area contributed by atoms with Crippen LogP contribution in [0, 0.1) is 11.3 Å². The van der Waals surface area contributed by atoms with Crippen molar-refractivity contribution in [1.29, 1.82) is 0 Å². The zero-order valence-electron chi connectivity index (χ0n) is 21.9. The molecule has 6 atom stereocenters. The lowest BCUT2D eigenvalue weighted by atomic mass is 9.39. The van der Waals surface area contributed by atoms with E-state index in [-0.39, 0.29) is 29.6 Å². The summed E-state index contributed by atoms with van der Waals surface area (Å²) in [6.45, 7) is 10.9. The number of carbonyl (C=O) groups excluding carboxylic acids is 1. The molecule has 1 saturated carbocycles. The monoisotopic (exact) mass is 483 g/mol. The molecular formula is C28H37NO6. The molecule has 1 unspecified atom stereocenters. The van der Waals surface area contributed by atoms with Crippen molar-refractivity contribution >= 4 is 6.09 Å². The van der Waals surface area contributed by atoms with Crippen molar-refractivity contribution in [1.82, 2.24) is 4.90 Å². The van der Waals surface area contributed by atoms with E-state index in [0.29, 0.717) is 26.0 Å². The number of likely N-dealkylation sites (tertiary alicyclic amines) is 1. The second-order valence-corrected chi connectivity index (χ2v) is 12.1. The topological polar surface area (TPSA) is 77.5 Å². The number of aliphatic hydroxyl groups is 1. The van der Waals surface area contributed by atoms with Crippen LogP contribution in [0.15, 0.2) is 23.3 Å². The fraction of sp³-hybridized carbons (Fsp3) is 0.679. The van der Waals surface area contributed by atoms with Gasteiger partial charge in [-0.15, -0.1) is 0 Å². The van der Waals surface area contributed by atoms with Gasteiger partial charge in [-0.2, -0.15) is 0 Å². The lowest BCUT2D eigenvalue weighted by Gasteiger charge is -2.70. The highest BCUT2D eigenvalue weighted by Crippen LogP contribution is 2.74. The van der Waals surface area contributed by atoms with Gasteiger partial charge < -0.3 is 29.0 Å². The van der Waals surface area contributed by atoms with Gasteiger partial charge in [0.25, 0.3) is 0 Å². The third kappa shape index (κ3) is 2.47. The van der Waals surface area contributed by atoms with E-state index in [1.54, 1.807) is 14.2 Å². The van der Waals surface area contributed by atoms with Gasteiger partial charge in [-0.3, -0.25) is 0 Å². The number of rotatable bonds is 4. The summed E-state index contributed by atoms with van der Waals surface area (Å²) in [5, 5.41) is 12.1. The third-order valence-electron chi connectivity index (χ3n) is 9.96. The summed E-state index contributed by atoms with van der Waals surface area (Å²) in [7, 11) is 3.43. The van der Waals surface area contributed by atoms with Gasteiger partial charge in [0.05, 0.1) is 30.8 Å². The highest BCUT2D eigenvalue weighted by Gasteiger charge is 2.78. The standard InChI is InChI=1S/C28H37NO6/c1-8-34-24(30)29-12-11-27-19-15-9-10-18(32-6)21(19)35-23(27)28(33-7)14-16(20(27)17(29)13-15)22(28)26(5,31)25(2,3)4/h9-10,17,22-23,31H,8,11-14H2,1-7H3/t17-,22-,23?,26-,27-,28-/m1/s1. The Morgan fingerprint density at radius 1 is 1.26 bits per heavy atom. The average molecular weight is 484 g/mol. The molecule has 2 aliphatic heterocycles. The van der Waals surface area contributed by atoms with Crippen molar-refractivity contribution in [2.45, 2.75) is 82.6 Å². The van der Waals surface area contributed by atoms with Gasteiger partial charge in [0, 0.05) is 31.6 Å². The van der Waals surface area contributed by atoms with Crippen molar-refractivity contribution in [3.05, 3.63) is 34.4 Å². The molecule has 1 amide bonds. The molecule has 1 aromatic carbocycles. The van der Waals surface area contributed by atoms with Crippen molar-refractivity contribution in [2.75, 3.05) is 27.4 Å². The first-order valence-corrected chi connectivity index (χ1v) is 12.8. The summed E-state index contributed by atoms with van der Waals surface area (Å²) in [6.07, 6.45) is 1.56. The number of nitrogens with zero attached hydrogens (tertiary/aromatic N) is 1. The van der Waals surface area contributed by atoms with E-state index in [4.69, 9.17) is 18.9 Å². The largest absolute Gasteiger partial charge is 0.493 e. The smallest absolute Gasteiger partial charge is 0.410 e. The molecule has 0 aromatic heterocycles. The molecule has 2 heterocycles. The van der Waals surface area contributed by atoms with Crippen molar-refractivity contribution in [3.8, 4) is 11.5 Å². The number of hydrogen-bond acceptors (Lipinski definition) is 6. The molecule has 0 radical (unpaired) electrons. The van der Waals surface area contributed by atoms with Crippen LogP contribution in [-0.2, 0) is 21.3 Å². The maximum atomic E-state index is 13.1. The number of carbonyl (C=O) groups is 1. The lowest BCUT2D eigenvalue weighted by molar-refractivity contribution is -0.243. The number of hydrogen-bond donors (Lipinski definition) is 1.